The van der Waals surface area contributed by atoms with Crippen molar-refractivity contribution in [1.29, 1.82) is 5.26 Å². The Morgan fingerprint density at radius 3 is 3.12 bits per heavy atom. The molecule has 0 aromatic carbocycles. The van der Waals surface area contributed by atoms with Crippen LogP contribution < -0.4 is 4.74 Å². The van der Waals surface area contributed by atoms with Gasteiger partial charge in [-0.1, -0.05) is 25.8 Å². The predicted molar refractivity (Wildman–Crippen MR) is 65.6 cm³/mol. The van der Waals surface area contributed by atoms with Crippen LogP contribution in [-0.2, 0) is 0 Å². The third-order valence-electron chi connectivity index (χ3n) is 3.35. The van der Waals surface area contributed by atoms with Gasteiger partial charge in [0.25, 0.3) is 0 Å². The van der Waals surface area contributed by atoms with Crippen LogP contribution in [0.1, 0.15) is 38.3 Å². The van der Waals surface area contributed by atoms with Gasteiger partial charge >= 0.3 is 0 Å². The average Bonchev–Trinajstić information content (AvgIpc) is 2.37. The van der Waals surface area contributed by atoms with E-state index >= 15 is 0 Å². The van der Waals surface area contributed by atoms with Crippen molar-refractivity contribution in [3.63, 3.8) is 0 Å². The minimum atomic E-state index is 0.416. The molecule has 1 aliphatic rings. The molecule has 0 bridgehead atoms. The van der Waals surface area contributed by atoms with Gasteiger partial charge < -0.3 is 4.74 Å². The molecule has 1 heterocycles. The fourth-order valence-corrected chi connectivity index (χ4v) is 2.47. The summed E-state index contributed by atoms with van der Waals surface area (Å²) in [6, 6.07) is 7.33. The molecular formula is C14H18N2O. The van der Waals surface area contributed by atoms with Gasteiger partial charge in [-0.3, -0.25) is 0 Å². The second kappa shape index (κ2) is 5.67. The van der Waals surface area contributed by atoms with E-state index in [0.29, 0.717) is 17.5 Å². The first kappa shape index (κ1) is 11.9. The Hall–Kier alpha value is -1.56. The van der Waals surface area contributed by atoms with E-state index in [-0.39, 0.29) is 0 Å². The molecule has 0 saturated heterocycles. The zero-order chi connectivity index (χ0) is 12.1. The molecule has 0 radical (unpaired) electrons. The van der Waals surface area contributed by atoms with Crippen LogP contribution in [0.3, 0.4) is 0 Å². The number of pyridine rings is 1. The lowest BCUT2D eigenvalue weighted by atomic mass is 9.83. The lowest BCUT2D eigenvalue weighted by molar-refractivity contribution is 0.177. The Labute approximate surface area is 102 Å². The minimum absolute atomic E-state index is 0.416. The van der Waals surface area contributed by atoms with Crippen molar-refractivity contribution in [2.45, 2.75) is 32.6 Å². The number of nitrogens with zero attached hydrogens (tertiary/aromatic N) is 2. The second-order valence-corrected chi connectivity index (χ2v) is 4.92. The number of ether oxygens (including phenoxy) is 1. The van der Waals surface area contributed by atoms with Gasteiger partial charge in [0.1, 0.15) is 11.8 Å². The van der Waals surface area contributed by atoms with Crippen LogP contribution in [0.5, 0.6) is 5.88 Å². The van der Waals surface area contributed by atoms with Crippen LogP contribution in [0, 0.1) is 23.2 Å². The summed E-state index contributed by atoms with van der Waals surface area (Å²) in [5.74, 6) is 2.03. The van der Waals surface area contributed by atoms with E-state index in [9.17, 15) is 0 Å². The first-order chi connectivity index (χ1) is 8.28. The molecule has 2 rings (SSSR count). The van der Waals surface area contributed by atoms with Crippen molar-refractivity contribution in [2.75, 3.05) is 6.61 Å². The third kappa shape index (κ3) is 3.45. The van der Waals surface area contributed by atoms with Crippen molar-refractivity contribution >= 4 is 0 Å². The summed E-state index contributed by atoms with van der Waals surface area (Å²) in [6.07, 6.45) is 5.15. The van der Waals surface area contributed by atoms with Crippen LogP contribution in [-0.4, -0.2) is 11.6 Å². The number of rotatable bonds is 3. The largest absolute Gasteiger partial charge is 0.477 e. The highest BCUT2D eigenvalue weighted by Gasteiger charge is 2.19. The SMILES string of the molecule is CC1CCCC(COc2cccc(C#N)n2)C1. The van der Waals surface area contributed by atoms with Gasteiger partial charge in [0.15, 0.2) is 0 Å². The molecule has 1 aliphatic carbocycles. The Kier molecular flexibility index (Phi) is 3.98. The van der Waals surface area contributed by atoms with E-state index in [1.807, 2.05) is 18.2 Å². The lowest BCUT2D eigenvalue weighted by Crippen LogP contribution is -2.19. The molecule has 1 fully saturated rings. The van der Waals surface area contributed by atoms with E-state index in [2.05, 4.69) is 11.9 Å². The summed E-state index contributed by atoms with van der Waals surface area (Å²) in [7, 11) is 0. The molecule has 3 nitrogen and oxygen atoms in total. The zero-order valence-electron chi connectivity index (χ0n) is 10.2. The summed E-state index contributed by atoms with van der Waals surface area (Å²) >= 11 is 0. The molecule has 1 saturated carbocycles. The second-order valence-electron chi connectivity index (χ2n) is 4.92. The topological polar surface area (TPSA) is 45.9 Å². The zero-order valence-corrected chi connectivity index (χ0v) is 10.2. The van der Waals surface area contributed by atoms with Gasteiger partial charge in [0, 0.05) is 6.07 Å². The lowest BCUT2D eigenvalue weighted by Gasteiger charge is -2.26. The van der Waals surface area contributed by atoms with E-state index in [1.54, 1.807) is 6.07 Å². The quantitative estimate of drug-likeness (QED) is 0.801. The van der Waals surface area contributed by atoms with Gasteiger partial charge in [-0.05, 0) is 30.7 Å². The van der Waals surface area contributed by atoms with Gasteiger partial charge in [-0.25, -0.2) is 4.98 Å². The Morgan fingerprint density at radius 1 is 1.47 bits per heavy atom. The molecular weight excluding hydrogens is 212 g/mol. The highest BCUT2D eigenvalue weighted by atomic mass is 16.5. The van der Waals surface area contributed by atoms with E-state index in [4.69, 9.17) is 10.00 Å². The van der Waals surface area contributed by atoms with Gasteiger partial charge in [0.2, 0.25) is 5.88 Å². The molecule has 17 heavy (non-hydrogen) atoms. The van der Waals surface area contributed by atoms with Crippen LogP contribution in [0.25, 0.3) is 0 Å². The Bertz CT molecular complexity index is 411. The molecule has 0 aliphatic heterocycles. The smallest absolute Gasteiger partial charge is 0.214 e. The Balaban J connectivity index is 1.87. The maximum Gasteiger partial charge on any atom is 0.214 e. The summed E-state index contributed by atoms with van der Waals surface area (Å²) < 4.78 is 5.67. The number of hydrogen-bond acceptors (Lipinski definition) is 3. The van der Waals surface area contributed by atoms with E-state index < -0.39 is 0 Å². The van der Waals surface area contributed by atoms with Gasteiger partial charge in [0.05, 0.1) is 6.61 Å². The minimum Gasteiger partial charge on any atom is -0.477 e. The molecule has 90 valence electrons. The fourth-order valence-electron chi connectivity index (χ4n) is 2.47. The molecule has 1 aromatic rings. The van der Waals surface area contributed by atoms with Crippen molar-refractivity contribution in [2.24, 2.45) is 11.8 Å². The summed E-state index contributed by atoms with van der Waals surface area (Å²) in [5.41, 5.74) is 0.416. The number of aromatic nitrogens is 1. The van der Waals surface area contributed by atoms with Crippen molar-refractivity contribution in [3.8, 4) is 11.9 Å². The van der Waals surface area contributed by atoms with E-state index in [0.717, 1.165) is 12.5 Å². The first-order valence-electron chi connectivity index (χ1n) is 6.28. The monoisotopic (exact) mass is 230 g/mol. The number of hydrogen-bond donors (Lipinski definition) is 0. The Morgan fingerprint density at radius 2 is 2.35 bits per heavy atom. The fraction of sp³-hybridized carbons (Fsp3) is 0.571. The molecule has 0 amide bonds. The normalized spacial score (nSPS) is 24.0. The molecule has 0 spiro atoms. The first-order valence-corrected chi connectivity index (χ1v) is 6.28. The van der Waals surface area contributed by atoms with Crippen LogP contribution >= 0.6 is 0 Å². The highest BCUT2D eigenvalue weighted by Crippen LogP contribution is 2.28. The van der Waals surface area contributed by atoms with Crippen molar-refractivity contribution in [3.05, 3.63) is 23.9 Å². The highest BCUT2D eigenvalue weighted by molar-refractivity contribution is 5.24. The van der Waals surface area contributed by atoms with Gasteiger partial charge in [-0.15, -0.1) is 0 Å². The van der Waals surface area contributed by atoms with Crippen LogP contribution in [0.2, 0.25) is 0 Å². The van der Waals surface area contributed by atoms with Crippen LogP contribution in [0.4, 0.5) is 0 Å². The average molecular weight is 230 g/mol. The maximum absolute atomic E-state index is 8.75. The van der Waals surface area contributed by atoms with Crippen LogP contribution in [0.15, 0.2) is 18.2 Å². The maximum atomic E-state index is 8.75. The molecule has 1 aromatic heterocycles. The summed E-state index contributed by atoms with van der Waals surface area (Å²) in [6.45, 7) is 3.03. The predicted octanol–water partition coefficient (Wildman–Crippen LogP) is 3.16. The van der Waals surface area contributed by atoms with Gasteiger partial charge in [-0.2, -0.15) is 5.26 Å². The third-order valence-corrected chi connectivity index (χ3v) is 3.35. The standard InChI is InChI=1S/C14H18N2O/c1-11-4-2-5-12(8-11)10-17-14-7-3-6-13(9-15)16-14/h3,6-7,11-12H,2,4-5,8,10H2,1H3. The molecule has 2 atom stereocenters. The summed E-state index contributed by atoms with van der Waals surface area (Å²) in [5, 5.41) is 8.75. The van der Waals surface area contributed by atoms with E-state index in [1.165, 1.54) is 25.7 Å². The van der Waals surface area contributed by atoms with Crippen molar-refractivity contribution in [1.82, 2.24) is 4.98 Å². The molecule has 0 N–H and O–H groups in total. The number of nitriles is 1. The molecule has 2 unspecified atom stereocenters. The molecule has 3 heteroatoms. The summed E-state index contributed by atoms with van der Waals surface area (Å²) in [4.78, 5) is 4.11. The van der Waals surface area contributed by atoms with Crippen molar-refractivity contribution < 1.29 is 4.74 Å².